The van der Waals surface area contributed by atoms with Crippen LogP contribution in [0, 0.1) is 36.5 Å². The lowest BCUT2D eigenvalue weighted by molar-refractivity contribution is -0.119. The van der Waals surface area contributed by atoms with Gasteiger partial charge in [0.25, 0.3) is 0 Å². The predicted octanol–water partition coefficient (Wildman–Crippen LogP) is 3.58. The number of pyridine rings is 2. The molecular formula is C23H23FN8O3. The summed E-state index contributed by atoms with van der Waals surface area (Å²) in [4.78, 5) is 33.1. The number of halogens is 1. The number of nitrogens with zero attached hydrogens (tertiary/aromatic N) is 6. The number of carbonyl (C=O) groups is 2. The molecule has 11 nitrogen and oxygen atoms in total. The molecule has 3 aromatic rings. The minimum atomic E-state index is -0.956. The molecule has 0 aliphatic heterocycles. The number of aryl methyl sites for hydroxylation is 3. The average molecular weight is 478 g/mol. The molecule has 0 bridgehead atoms. The summed E-state index contributed by atoms with van der Waals surface area (Å²) >= 11 is 0. The molecule has 1 aliphatic carbocycles. The van der Waals surface area contributed by atoms with Crippen LogP contribution < -0.4 is 10.6 Å². The maximum Gasteiger partial charge on any atom is 0.413 e. The molecule has 180 valence electrons. The lowest BCUT2D eigenvalue weighted by Crippen LogP contribution is -2.23. The van der Waals surface area contributed by atoms with Crippen molar-refractivity contribution < 1.29 is 18.7 Å². The fourth-order valence-corrected chi connectivity index (χ4v) is 3.46. The number of hydrogen-bond donors (Lipinski definition) is 2. The molecule has 0 unspecified atom stereocenters. The first-order valence-electron chi connectivity index (χ1n) is 10.8. The highest BCUT2D eigenvalue weighted by molar-refractivity contribution is 5.99. The third-order valence-corrected chi connectivity index (χ3v) is 5.75. The molecule has 2 amide bonds. The number of rotatable bonds is 6. The second-order valence-corrected chi connectivity index (χ2v) is 8.45. The van der Waals surface area contributed by atoms with Crippen molar-refractivity contribution in [2.24, 2.45) is 12.5 Å². The number of nitrogens with one attached hydrogen (secondary N) is 2. The monoisotopic (exact) mass is 478 g/mol. The van der Waals surface area contributed by atoms with Gasteiger partial charge in [-0.2, -0.15) is 9.65 Å². The van der Waals surface area contributed by atoms with Gasteiger partial charge >= 0.3 is 6.09 Å². The van der Waals surface area contributed by atoms with E-state index in [1.54, 1.807) is 39.1 Å². The van der Waals surface area contributed by atoms with E-state index in [0.29, 0.717) is 29.9 Å². The van der Waals surface area contributed by atoms with Gasteiger partial charge < -0.3 is 10.1 Å². The minimum absolute atomic E-state index is 0.155. The topological polar surface area (TPSA) is 148 Å². The van der Waals surface area contributed by atoms with Gasteiger partial charge in [-0.1, -0.05) is 5.21 Å². The quantitative estimate of drug-likeness (QED) is 0.511. The normalized spacial score (nSPS) is 14.5. The van der Waals surface area contributed by atoms with E-state index >= 15 is 0 Å². The Morgan fingerprint density at radius 1 is 1.29 bits per heavy atom. The summed E-state index contributed by atoms with van der Waals surface area (Å²) in [5.74, 6) is -0.847. The van der Waals surface area contributed by atoms with Gasteiger partial charge in [-0.15, -0.1) is 5.10 Å². The summed E-state index contributed by atoms with van der Waals surface area (Å²) in [7, 11) is 1.58. The molecule has 1 saturated carbocycles. The zero-order chi connectivity index (χ0) is 25.3. The standard InChI is InChI=1S/C23H23FN8O3/c1-12-9-15(19(24)26-10-12)14(3)35-22(34)29-20-18(30-31-32(20)4)17-6-5-16(13(2)27-17)28-21(33)23(11-25)7-8-23/h5-6,9-10,14H,7-8H2,1-4H3,(H,28,33)(H,29,34)/t14-/m1/s1. The summed E-state index contributed by atoms with van der Waals surface area (Å²) < 4.78 is 20.7. The second kappa shape index (κ2) is 9.09. The van der Waals surface area contributed by atoms with Crippen LogP contribution in [0.4, 0.5) is 20.7 Å². The van der Waals surface area contributed by atoms with Gasteiger partial charge in [0.1, 0.15) is 11.5 Å². The van der Waals surface area contributed by atoms with E-state index in [2.05, 4.69) is 37.0 Å². The van der Waals surface area contributed by atoms with Crippen LogP contribution >= 0.6 is 0 Å². The highest BCUT2D eigenvalue weighted by Crippen LogP contribution is 2.45. The Hall–Kier alpha value is -4.40. The number of nitriles is 1. The number of anilines is 2. The van der Waals surface area contributed by atoms with E-state index in [4.69, 9.17) is 4.74 Å². The van der Waals surface area contributed by atoms with Gasteiger partial charge in [0, 0.05) is 18.8 Å². The maximum atomic E-state index is 14.0. The average Bonchev–Trinajstić information content (AvgIpc) is 3.55. The smallest absolute Gasteiger partial charge is 0.413 e. The minimum Gasteiger partial charge on any atom is -0.441 e. The highest BCUT2D eigenvalue weighted by Gasteiger charge is 2.50. The molecule has 4 rings (SSSR count). The van der Waals surface area contributed by atoms with Crippen LogP contribution in [0.2, 0.25) is 0 Å². The van der Waals surface area contributed by atoms with Crippen LogP contribution in [0.25, 0.3) is 11.4 Å². The Bertz CT molecular complexity index is 1360. The molecule has 1 aliphatic rings. The predicted molar refractivity (Wildman–Crippen MR) is 122 cm³/mol. The Balaban J connectivity index is 1.50. The Morgan fingerprint density at radius 2 is 2.03 bits per heavy atom. The van der Waals surface area contributed by atoms with Crippen LogP contribution in [0.1, 0.15) is 42.7 Å². The van der Waals surface area contributed by atoms with Crippen molar-refractivity contribution >= 4 is 23.5 Å². The fraction of sp³-hybridized carbons (Fsp3) is 0.348. The molecule has 0 spiro atoms. The van der Waals surface area contributed by atoms with Crippen molar-refractivity contribution in [2.45, 2.75) is 39.7 Å². The molecule has 12 heteroatoms. The molecule has 35 heavy (non-hydrogen) atoms. The van der Waals surface area contributed by atoms with Crippen molar-refractivity contribution in [3.8, 4) is 17.5 Å². The van der Waals surface area contributed by atoms with Crippen molar-refractivity contribution in [2.75, 3.05) is 10.6 Å². The number of hydrogen-bond acceptors (Lipinski definition) is 8. The summed E-state index contributed by atoms with van der Waals surface area (Å²) in [6, 6.07) is 6.88. The Morgan fingerprint density at radius 3 is 2.69 bits per heavy atom. The number of aromatic nitrogens is 5. The molecular weight excluding hydrogens is 455 g/mol. The third-order valence-electron chi connectivity index (χ3n) is 5.75. The number of amides is 2. The molecule has 0 aromatic carbocycles. The molecule has 1 fully saturated rings. The van der Waals surface area contributed by atoms with Gasteiger partial charge in [0.2, 0.25) is 11.9 Å². The van der Waals surface area contributed by atoms with Gasteiger partial charge in [-0.05, 0) is 57.4 Å². The number of carbonyl (C=O) groups excluding carboxylic acids is 2. The summed E-state index contributed by atoms with van der Waals surface area (Å²) in [6.45, 7) is 5.00. The van der Waals surface area contributed by atoms with Crippen molar-refractivity contribution in [3.63, 3.8) is 0 Å². The first kappa shape index (κ1) is 23.7. The SMILES string of the molecule is Cc1cnc(F)c([C@@H](C)OC(=O)Nc2c(-c3ccc(NC(=O)C4(C#N)CC4)c(C)n3)nnn2C)c1. The van der Waals surface area contributed by atoms with Gasteiger partial charge in [0.15, 0.2) is 11.5 Å². The molecule has 0 saturated heterocycles. The Kier molecular flexibility index (Phi) is 6.17. The van der Waals surface area contributed by atoms with Gasteiger partial charge in [-0.25, -0.2) is 19.4 Å². The van der Waals surface area contributed by atoms with E-state index in [9.17, 15) is 19.2 Å². The van der Waals surface area contributed by atoms with E-state index < -0.39 is 23.6 Å². The molecule has 0 radical (unpaired) electrons. The van der Waals surface area contributed by atoms with Crippen LogP contribution in [0.5, 0.6) is 0 Å². The zero-order valence-electron chi connectivity index (χ0n) is 19.6. The first-order chi connectivity index (χ1) is 16.6. The van der Waals surface area contributed by atoms with E-state index in [0.717, 1.165) is 5.56 Å². The van der Waals surface area contributed by atoms with Gasteiger partial charge in [0.05, 0.1) is 23.1 Å². The lowest BCUT2D eigenvalue weighted by atomic mass is 10.1. The van der Waals surface area contributed by atoms with Crippen LogP contribution in [0.3, 0.4) is 0 Å². The van der Waals surface area contributed by atoms with Crippen molar-refractivity contribution in [1.82, 2.24) is 25.0 Å². The fourth-order valence-electron chi connectivity index (χ4n) is 3.46. The summed E-state index contributed by atoms with van der Waals surface area (Å²) in [5, 5.41) is 22.6. The van der Waals surface area contributed by atoms with Crippen molar-refractivity contribution in [1.29, 1.82) is 5.26 Å². The van der Waals surface area contributed by atoms with Crippen LogP contribution in [-0.4, -0.2) is 37.0 Å². The number of ether oxygens (including phenoxy) is 1. The lowest BCUT2D eigenvalue weighted by Gasteiger charge is -2.15. The first-order valence-corrected chi connectivity index (χ1v) is 10.8. The highest BCUT2D eigenvalue weighted by atomic mass is 19.1. The van der Waals surface area contributed by atoms with E-state index in [1.807, 2.05) is 0 Å². The molecule has 1 atom stereocenters. The maximum absolute atomic E-state index is 14.0. The second-order valence-electron chi connectivity index (χ2n) is 8.45. The molecule has 3 heterocycles. The molecule has 2 N–H and O–H groups in total. The summed E-state index contributed by atoms with van der Waals surface area (Å²) in [5.41, 5.74) is 1.58. The zero-order valence-corrected chi connectivity index (χ0v) is 19.6. The summed E-state index contributed by atoms with van der Waals surface area (Å²) in [6.07, 6.45) is 0.737. The van der Waals surface area contributed by atoms with E-state index in [-0.39, 0.29) is 23.0 Å². The third kappa shape index (κ3) is 4.79. The van der Waals surface area contributed by atoms with Crippen molar-refractivity contribution in [3.05, 3.63) is 47.2 Å². The largest absolute Gasteiger partial charge is 0.441 e. The van der Waals surface area contributed by atoms with Gasteiger partial charge in [-0.3, -0.25) is 10.1 Å². The van der Waals surface area contributed by atoms with Crippen LogP contribution in [-0.2, 0) is 16.6 Å². The Labute approximate surface area is 200 Å². The van der Waals surface area contributed by atoms with E-state index in [1.165, 1.54) is 17.8 Å². The molecule has 3 aromatic heterocycles. The van der Waals surface area contributed by atoms with Crippen LogP contribution in [0.15, 0.2) is 24.4 Å².